The van der Waals surface area contributed by atoms with Crippen molar-refractivity contribution in [3.05, 3.63) is 36.0 Å². The molecule has 0 aliphatic carbocycles. The van der Waals surface area contributed by atoms with Gasteiger partial charge in [0, 0.05) is 49.9 Å². The van der Waals surface area contributed by atoms with E-state index in [0.29, 0.717) is 37.8 Å². The molecule has 0 spiro atoms. The molecule has 3 heterocycles. The summed E-state index contributed by atoms with van der Waals surface area (Å²) < 4.78 is 35.6. The summed E-state index contributed by atoms with van der Waals surface area (Å²) in [5.74, 6) is -0.756. The van der Waals surface area contributed by atoms with E-state index in [2.05, 4.69) is 15.0 Å². The first-order chi connectivity index (χ1) is 15.5. The predicted octanol–water partition coefficient (Wildman–Crippen LogP) is 0.623. The summed E-state index contributed by atoms with van der Waals surface area (Å²) >= 11 is 0. The highest BCUT2D eigenvalue weighted by atomic mass is 19.1. The summed E-state index contributed by atoms with van der Waals surface area (Å²) in [7, 11) is 1.55. The van der Waals surface area contributed by atoms with E-state index in [1.807, 2.05) is 10.2 Å². The number of hydrogen-bond acceptors (Lipinski definition) is 10. The van der Waals surface area contributed by atoms with Gasteiger partial charge in [0.2, 0.25) is 5.95 Å². The number of anilines is 1. The standard InChI is InChI=1S/C19H24FN7O5/c1-29-11-30-10-14-8-27(4-5-31-14)18-24-6-13(7-25-18)16-15(20)12(2-3-23-16)9-32-19(28)26-17(21)22/h2-3,6-7,14H,4-5,8-11H2,1H3,(H4,21,22,26,28). The molecule has 2 aromatic heterocycles. The van der Waals surface area contributed by atoms with Crippen molar-refractivity contribution in [1.29, 1.82) is 5.41 Å². The second-order valence-electron chi connectivity index (χ2n) is 6.74. The maximum atomic E-state index is 14.9. The Labute approximate surface area is 183 Å². The number of carbonyl (C=O) groups excluding carboxylic acids is 1. The minimum atomic E-state index is -0.959. The number of rotatable bonds is 8. The molecule has 32 heavy (non-hydrogen) atoms. The molecule has 0 bridgehead atoms. The van der Waals surface area contributed by atoms with E-state index in [1.165, 1.54) is 24.7 Å². The molecule has 1 atom stereocenters. The van der Waals surface area contributed by atoms with Crippen LogP contribution in [0, 0.1) is 11.2 Å². The smallest absolute Gasteiger partial charge is 0.414 e. The maximum absolute atomic E-state index is 14.9. The van der Waals surface area contributed by atoms with Gasteiger partial charge >= 0.3 is 6.09 Å². The number of guanidine groups is 1. The van der Waals surface area contributed by atoms with Crippen LogP contribution in [-0.2, 0) is 25.6 Å². The van der Waals surface area contributed by atoms with Crippen molar-refractivity contribution in [3.63, 3.8) is 0 Å². The Morgan fingerprint density at radius 3 is 2.91 bits per heavy atom. The minimum Gasteiger partial charge on any atom is -0.444 e. The highest BCUT2D eigenvalue weighted by Gasteiger charge is 2.23. The number of carbonyl (C=O) groups is 1. The summed E-state index contributed by atoms with van der Waals surface area (Å²) in [5, 5.41) is 8.93. The minimum absolute atomic E-state index is 0.0254. The number of hydrogen-bond donors (Lipinski definition) is 3. The molecule has 1 aliphatic rings. The lowest BCUT2D eigenvalue weighted by molar-refractivity contribution is -0.0819. The third-order valence-corrected chi connectivity index (χ3v) is 4.40. The Bertz CT molecular complexity index is 931. The van der Waals surface area contributed by atoms with Gasteiger partial charge in [-0.2, -0.15) is 0 Å². The molecular formula is C19H24FN7O5. The van der Waals surface area contributed by atoms with E-state index >= 15 is 0 Å². The second kappa shape index (κ2) is 11.3. The number of amides is 1. The monoisotopic (exact) mass is 449 g/mol. The zero-order chi connectivity index (χ0) is 22.9. The number of methoxy groups -OCH3 is 1. The molecule has 0 aromatic carbocycles. The number of morpholine rings is 1. The molecule has 0 radical (unpaired) electrons. The van der Waals surface area contributed by atoms with Gasteiger partial charge in [-0.25, -0.2) is 19.2 Å². The van der Waals surface area contributed by atoms with Gasteiger partial charge in [0.1, 0.15) is 19.1 Å². The van der Waals surface area contributed by atoms with Gasteiger partial charge in [-0.1, -0.05) is 0 Å². The molecule has 1 aliphatic heterocycles. The molecule has 2 aromatic rings. The number of nitrogens with zero attached hydrogens (tertiary/aromatic N) is 4. The van der Waals surface area contributed by atoms with Crippen LogP contribution in [0.4, 0.5) is 15.1 Å². The number of alkyl carbamates (subject to hydrolysis) is 1. The Hall–Kier alpha value is -3.42. The van der Waals surface area contributed by atoms with Crippen LogP contribution in [-0.4, -0.2) is 73.3 Å². The van der Waals surface area contributed by atoms with E-state index in [0.717, 1.165) is 0 Å². The van der Waals surface area contributed by atoms with Gasteiger partial charge in [0.05, 0.1) is 19.3 Å². The molecule has 13 heteroatoms. The summed E-state index contributed by atoms with van der Waals surface area (Å²) in [4.78, 5) is 26.1. The lowest BCUT2D eigenvalue weighted by Gasteiger charge is -2.32. The molecule has 4 N–H and O–H groups in total. The first-order valence-electron chi connectivity index (χ1n) is 9.64. The number of aromatic nitrogens is 3. The summed E-state index contributed by atoms with van der Waals surface area (Å²) in [6.45, 7) is 1.87. The van der Waals surface area contributed by atoms with Gasteiger partial charge in [-0.15, -0.1) is 0 Å². The molecule has 1 unspecified atom stereocenters. The third kappa shape index (κ3) is 6.29. The Kier molecular flexibility index (Phi) is 8.19. The molecule has 0 saturated carbocycles. The predicted molar refractivity (Wildman–Crippen MR) is 110 cm³/mol. The third-order valence-electron chi connectivity index (χ3n) is 4.40. The molecule has 12 nitrogen and oxygen atoms in total. The molecular weight excluding hydrogens is 425 g/mol. The average molecular weight is 449 g/mol. The topological polar surface area (TPSA) is 158 Å². The number of halogens is 1. The highest BCUT2D eigenvalue weighted by Crippen LogP contribution is 2.23. The van der Waals surface area contributed by atoms with Crippen LogP contribution in [0.5, 0.6) is 0 Å². The first kappa shape index (κ1) is 23.2. The normalized spacial score (nSPS) is 15.9. The number of nitrogens with two attached hydrogens (primary N) is 1. The molecule has 3 rings (SSSR count). The van der Waals surface area contributed by atoms with Crippen molar-refractivity contribution in [3.8, 4) is 11.3 Å². The van der Waals surface area contributed by atoms with Crippen LogP contribution < -0.4 is 16.0 Å². The van der Waals surface area contributed by atoms with E-state index < -0.39 is 17.9 Å². The van der Waals surface area contributed by atoms with Crippen molar-refractivity contribution in [1.82, 2.24) is 20.3 Å². The quantitative estimate of drug-likeness (QED) is 0.226. The number of pyridine rings is 1. The SMILES string of the molecule is COCOCC1CN(c2ncc(-c3nccc(COC(=O)NC(=N)N)c3F)cn2)CCO1. The average Bonchev–Trinajstić information content (AvgIpc) is 2.78. The Balaban J connectivity index is 1.65. The van der Waals surface area contributed by atoms with Crippen molar-refractivity contribution in [2.24, 2.45) is 5.73 Å². The maximum Gasteiger partial charge on any atom is 0.414 e. The van der Waals surface area contributed by atoms with Crippen molar-refractivity contribution >= 4 is 18.0 Å². The van der Waals surface area contributed by atoms with Crippen molar-refractivity contribution in [2.75, 3.05) is 45.1 Å². The van der Waals surface area contributed by atoms with E-state index in [1.54, 1.807) is 7.11 Å². The van der Waals surface area contributed by atoms with Gasteiger partial charge in [-0.05, 0) is 6.07 Å². The van der Waals surface area contributed by atoms with E-state index in [-0.39, 0.29) is 30.8 Å². The highest BCUT2D eigenvalue weighted by molar-refractivity contribution is 5.90. The van der Waals surface area contributed by atoms with Crippen LogP contribution in [0.25, 0.3) is 11.3 Å². The summed E-state index contributed by atoms with van der Waals surface area (Å²) in [6.07, 6.45) is 3.25. The summed E-state index contributed by atoms with van der Waals surface area (Å²) in [5.41, 5.74) is 5.54. The molecule has 1 fully saturated rings. The molecule has 1 saturated heterocycles. The first-order valence-corrected chi connectivity index (χ1v) is 9.64. The number of ether oxygens (including phenoxy) is 4. The largest absolute Gasteiger partial charge is 0.444 e. The number of nitrogens with one attached hydrogen (secondary N) is 2. The Morgan fingerprint density at radius 1 is 1.41 bits per heavy atom. The van der Waals surface area contributed by atoms with Crippen molar-refractivity contribution < 1.29 is 28.1 Å². The van der Waals surface area contributed by atoms with E-state index in [4.69, 9.17) is 30.1 Å². The van der Waals surface area contributed by atoms with Crippen LogP contribution in [0.15, 0.2) is 24.7 Å². The Morgan fingerprint density at radius 2 is 2.19 bits per heavy atom. The van der Waals surface area contributed by atoms with Gasteiger partial charge in [-0.3, -0.25) is 15.7 Å². The summed E-state index contributed by atoms with van der Waals surface area (Å²) in [6, 6.07) is 1.38. The van der Waals surface area contributed by atoms with Crippen LogP contribution in [0.3, 0.4) is 0 Å². The fourth-order valence-corrected chi connectivity index (χ4v) is 2.96. The molecule has 1 amide bonds. The van der Waals surface area contributed by atoms with Crippen LogP contribution in [0.2, 0.25) is 0 Å². The lowest BCUT2D eigenvalue weighted by Crippen LogP contribution is -2.45. The zero-order valence-electron chi connectivity index (χ0n) is 17.4. The van der Waals surface area contributed by atoms with Gasteiger partial charge in [0.15, 0.2) is 11.8 Å². The second-order valence-corrected chi connectivity index (χ2v) is 6.74. The van der Waals surface area contributed by atoms with E-state index in [9.17, 15) is 9.18 Å². The van der Waals surface area contributed by atoms with Gasteiger partial charge < -0.3 is 29.6 Å². The van der Waals surface area contributed by atoms with Crippen LogP contribution in [0.1, 0.15) is 5.56 Å². The zero-order valence-corrected chi connectivity index (χ0v) is 17.4. The molecule has 172 valence electrons. The van der Waals surface area contributed by atoms with Crippen LogP contribution >= 0.6 is 0 Å². The van der Waals surface area contributed by atoms with Crippen molar-refractivity contribution in [2.45, 2.75) is 12.7 Å². The van der Waals surface area contributed by atoms with Gasteiger partial charge in [0.25, 0.3) is 0 Å². The fourth-order valence-electron chi connectivity index (χ4n) is 2.96. The lowest BCUT2D eigenvalue weighted by atomic mass is 10.1. The fraction of sp³-hybridized carbons (Fsp3) is 0.421.